The zero-order chi connectivity index (χ0) is 10.8. The Kier molecular flexibility index (Phi) is 2.24. The number of H-pyrrole nitrogens is 1. The Bertz CT molecular complexity index is 483. The molecule has 2 aromatic rings. The average molecular weight is 208 g/mol. The van der Waals surface area contributed by atoms with Gasteiger partial charge in [-0.3, -0.25) is 5.10 Å². The number of anilines is 1. The molecule has 0 bridgehead atoms. The molecule has 3 N–H and O–H groups in total. The van der Waals surface area contributed by atoms with Gasteiger partial charge in [0.1, 0.15) is 11.6 Å². The third kappa shape index (κ3) is 1.61. The summed E-state index contributed by atoms with van der Waals surface area (Å²) in [6, 6.07) is 4.51. The lowest BCUT2D eigenvalue weighted by molar-refractivity contribution is 0.413. The van der Waals surface area contributed by atoms with E-state index in [1.807, 2.05) is 0 Å². The predicted molar refractivity (Wildman–Crippen MR) is 52.7 cm³/mol. The van der Waals surface area contributed by atoms with E-state index in [-0.39, 0.29) is 17.3 Å². The first-order valence-corrected chi connectivity index (χ1v) is 4.23. The van der Waals surface area contributed by atoms with Crippen LogP contribution in [-0.4, -0.2) is 22.3 Å². The van der Waals surface area contributed by atoms with Gasteiger partial charge in [-0.05, 0) is 12.1 Å². The van der Waals surface area contributed by atoms with Crippen LogP contribution < -0.4 is 10.5 Å². The molecule has 0 atom stereocenters. The van der Waals surface area contributed by atoms with E-state index in [1.54, 1.807) is 12.1 Å². The quantitative estimate of drug-likeness (QED) is 0.777. The number of hydrogen-bond acceptors (Lipinski definition) is 4. The summed E-state index contributed by atoms with van der Waals surface area (Å²) in [7, 11) is 1.46. The third-order valence-corrected chi connectivity index (χ3v) is 1.93. The number of aromatic nitrogens is 3. The topological polar surface area (TPSA) is 76.8 Å². The SMILES string of the molecule is COc1cccc(F)c1-c1nc(N)n[nH]1. The molecule has 0 fully saturated rings. The van der Waals surface area contributed by atoms with Crippen molar-refractivity contribution in [2.45, 2.75) is 0 Å². The minimum atomic E-state index is -0.439. The molecule has 0 spiro atoms. The van der Waals surface area contributed by atoms with E-state index in [2.05, 4.69) is 15.2 Å². The second-order valence-electron chi connectivity index (χ2n) is 2.86. The molecular formula is C9H9FN4O. The fourth-order valence-electron chi connectivity index (χ4n) is 1.29. The van der Waals surface area contributed by atoms with Crippen LogP contribution in [0.4, 0.5) is 10.3 Å². The van der Waals surface area contributed by atoms with E-state index in [9.17, 15) is 4.39 Å². The number of nitrogens with zero attached hydrogens (tertiary/aromatic N) is 2. The summed E-state index contributed by atoms with van der Waals surface area (Å²) in [5, 5.41) is 6.16. The maximum atomic E-state index is 13.5. The van der Waals surface area contributed by atoms with Gasteiger partial charge in [-0.1, -0.05) is 6.07 Å². The van der Waals surface area contributed by atoms with Crippen molar-refractivity contribution in [2.75, 3.05) is 12.8 Å². The van der Waals surface area contributed by atoms with E-state index in [0.29, 0.717) is 5.75 Å². The van der Waals surface area contributed by atoms with Gasteiger partial charge in [0, 0.05) is 0 Å². The maximum Gasteiger partial charge on any atom is 0.239 e. The second kappa shape index (κ2) is 3.56. The van der Waals surface area contributed by atoms with Gasteiger partial charge in [-0.2, -0.15) is 4.98 Å². The number of methoxy groups -OCH3 is 1. The van der Waals surface area contributed by atoms with E-state index < -0.39 is 5.82 Å². The number of ether oxygens (including phenoxy) is 1. The Morgan fingerprint density at radius 1 is 1.47 bits per heavy atom. The standard InChI is InChI=1S/C9H9FN4O/c1-15-6-4-2-3-5(10)7(6)8-12-9(11)14-13-8/h2-4H,1H3,(H3,11,12,13,14). The fraction of sp³-hybridized carbons (Fsp3) is 0.111. The molecule has 15 heavy (non-hydrogen) atoms. The van der Waals surface area contributed by atoms with Crippen LogP contribution in [0.2, 0.25) is 0 Å². The van der Waals surface area contributed by atoms with Crippen molar-refractivity contribution in [1.29, 1.82) is 0 Å². The molecule has 0 aliphatic heterocycles. The molecule has 1 aromatic heterocycles. The predicted octanol–water partition coefficient (Wildman–Crippen LogP) is 1.20. The van der Waals surface area contributed by atoms with Crippen LogP contribution in [0.15, 0.2) is 18.2 Å². The summed E-state index contributed by atoms with van der Waals surface area (Å²) in [4.78, 5) is 3.84. The van der Waals surface area contributed by atoms with Crippen molar-refractivity contribution in [3.05, 3.63) is 24.0 Å². The summed E-state index contributed by atoms with van der Waals surface area (Å²) >= 11 is 0. The molecule has 0 aliphatic rings. The van der Waals surface area contributed by atoms with Gasteiger partial charge in [0.05, 0.1) is 12.7 Å². The van der Waals surface area contributed by atoms with Gasteiger partial charge in [-0.25, -0.2) is 4.39 Å². The Balaban J connectivity index is 2.60. The lowest BCUT2D eigenvalue weighted by atomic mass is 10.2. The van der Waals surface area contributed by atoms with Crippen LogP contribution in [-0.2, 0) is 0 Å². The summed E-state index contributed by atoms with van der Waals surface area (Å²) in [5.41, 5.74) is 5.57. The highest BCUT2D eigenvalue weighted by molar-refractivity contribution is 5.65. The summed E-state index contributed by atoms with van der Waals surface area (Å²) < 4.78 is 18.5. The van der Waals surface area contributed by atoms with Crippen molar-refractivity contribution >= 4 is 5.95 Å². The Morgan fingerprint density at radius 3 is 2.87 bits per heavy atom. The number of nitrogens with two attached hydrogens (primary N) is 1. The molecule has 0 amide bonds. The normalized spacial score (nSPS) is 10.3. The van der Waals surface area contributed by atoms with Gasteiger partial charge < -0.3 is 10.5 Å². The minimum Gasteiger partial charge on any atom is -0.496 e. The lowest BCUT2D eigenvalue weighted by Gasteiger charge is -2.05. The molecule has 6 heteroatoms. The van der Waals surface area contributed by atoms with Crippen molar-refractivity contribution < 1.29 is 9.13 Å². The van der Waals surface area contributed by atoms with Gasteiger partial charge in [0.15, 0.2) is 5.82 Å². The summed E-state index contributed by atoms with van der Waals surface area (Å²) in [6.07, 6.45) is 0. The summed E-state index contributed by atoms with van der Waals surface area (Å²) in [5.74, 6) is 0.259. The van der Waals surface area contributed by atoms with Crippen molar-refractivity contribution in [1.82, 2.24) is 15.2 Å². The number of nitrogens with one attached hydrogen (secondary N) is 1. The molecule has 0 saturated carbocycles. The van der Waals surface area contributed by atoms with Gasteiger partial charge >= 0.3 is 0 Å². The number of rotatable bonds is 2. The van der Waals surface area contributed by atoms with Crippen molar-refractivity contribution in [3.63, 3.8) is 0 Å². The molecular weight excluding hydrogens is 199 g/mol. The van der Waals surface area contributed by atoms with Gasteiger partial charge in [-0.15, -0.1) is 5.10 Å². The molecule has 5 nitrogen and oxygen atoms in total. The number of halogens is 1. The highest BCUT2D eigenvalue weighted by atomic mass is 19.1. The molecule has 1 heterocycles. The molecule has 0 radical (unpaired) electrons. The van der Waals surface area contributed by atoms with Gasteiger partial charge in [0.25, 0.3) is 0 Å². The minimum absolute atomic E-state index is 0.0651. The number of nitrogen functional groups attached to an aromatic ring is 1. The highest BCUT2D eigenvalue weighted by Crippen LogP contribution is 2.29. The highest BCUT2D eigenvalue weighted by Gasteiger charge is 2.14. The summed E-state index contributed by atoms with van der Waals surface area (Å²) in [6.45, 7) is 0. The van der Waals surface area contributed by atoms with E-state index in [0.717, 1.165) is 0 Å². The lowest BCUT2D eigenvalue weighted by Crippen LogP contribution is -1.93. The van der Waals surface area contributed by atoms with Crippen molar-refractivity contribution in [2.24, 2.45) is 0 Å². The Labute approximate surface area is 85.1 Å². The second-order valence-corrected chi connectivity index (χ2v) is 2.86. The van der Waals surface area contributed by atoms with Crippen LogP contribution in [0, 0.1) is 5.82 Å². The average Bonchev–Trinajstić information content (AvgIpc) is 2.64. The maximum absolute atomic E-state index is 13.5. The molecule has 2 rings (SSSR count). The first-order valence-electron chi connectivity index (χ1n) is 4.23. The first kappa shape index (κ1) is 9.45. The number of benzene rings is 1. The molecule has 78 valence electrons. The molecule has 0 unspecified atom stereocenters. The first-order chi connectivity index (χ1) is 7.22. The third-order valence-electron chi connectivity index (χ3n) is 1.93. The van der Waals surface area contributed by atoms with Crippen LogP contribution in [0.25, 0.3) is 11.4 Å². The van der Waals surface area contributed by atoms with Crippen LogP contribution in [0.5, 0.6) is 5.75 Å². The molecule has 0 saturated heterocycles. The van der Waals surface area contributed by atoms with Crippen LogP contribution in [0.3, 0.4) is 0 Å². The largest absolute Gasteiger partial charge is 0.496 e. The number of aromatic amines is 1. The van der Waals surface area contributed by atoms with Gasteiger partial charge in [0.2, 0.25) is 5.95 Å². The van der Waals surface area contributed by atoms with Crippen LogP contribution >= 0.6 is 0 Å². The monoisotopic (exact) mass is 208 g/mol. The zero-order valence-electron chi connectivity index (χ0n) is 7.99. The Morgan fingerprint density at radius 2 is 2.27 bits per heavy atom. The fourth-order valence-corrected chi connectivity index (χ4v) is 1.29. The molecule has 0 aliphatic carbocycles. The van der Waals surface area contributed by atoms with E-state index >= 15 is 0 Å². The van der Waals surface area contributed by atoms with Crippen molar-refractivity contribution in [3.8, 4) is 17.1 Å². The molecule has 1 aromatic carbocycles. The number of hydrogen-bond donors (Lipinski definition) is 2. The smallest absolute Gasteiger partial charge is 0.239 e. The zero-order valence-corrected chi connectivity index (χ0v) is 7.99. The van der Waals surface area contributed by atoms with E-state index in [4.69, 9.17) is 10.5 Å². The van der Waals surface area contributed by atoms with E-state index in [1.165, 1.54) is 13.2 Å². The van der Waals surface area contributed by atoms with Crippen LogP contribution in [0.1, 0.15) is 0 Å². The Hall–Kier alpha value is -2.11.